The molecule has 0 bridgehead atoms. The molecule has 0 saturated heterocycles. The molecule has 0 aliphatic carbocycles. The molecule has 3 rings (SSSR count). The van der Waals surface area contributed by atoms with E-state index in [-0.39, 0.29) is 16.9 Å². The van der Waals surface area contributed by atoms with E-state index >= 15 is 0 Å². The number of nitrogens with zero attached hydrogens (tertiary/aromatic N) is 1. The molecule has 0 spiro atoms. The number of rotatable bonds is 1. The Labute approximate surface area is 130 Å². The third-order valence-corrected chi connectivity index (χ3v) is 4.23. The van der Waals surface area contributed by atoms with Crippen LogP contribution in [0.2, 0.25) is 5.02 Å². The summed E-state index contributed by atoms with van der Waals surface area (Å²) in [5.41, 5.74) is 7.58. The van der Waals surface area contributed by atoms with Crippen LogP contribution in [0, 0.1) is 13.8 Å². The van der Waals surface area contributed by atoms with Gasteiger partial charge in [-0.15, -0.1) is 0 Å². The van der Waals surface area contributed by atoms with Gasteiger partial charge < -0.3 is 5.73 Å². The zero-order valence-corrected chi connectivity index (χ0v) is 12.6. The van der Waals surface area contributed by atoms with E-state index in [9.17, 15) is 14.4 Å². The number of benzene rings is 1. The molecule has 1 aliphatic heterocycles. The van der Waals surface area contributed by atoms with Crippen molar-refractivity contribution in [2.75, 3.05) is 5.73 Å². The number of nitrogen functional groups attached to an aromatic ring is 1. The Bertz CT molecular complexity index is 892. The third-order valence-electron chi connectivity index (χ3n) is 3.63. The normalized spacial score (nSPS) is 13.2. The van der Waals surface area contributed by atoms with Gasteiger partial charge in [0.25, 0.3) is 17.4 Å². The first-order chi connectivity index (χ1) is 10.3. The minimum Gasteiger partial charge on any atom is -0.384 e. The van der Waals surface area contributed by atoms with Gasteiger partial charge in [0.2, 0.25) is 0 Å². The highest BCUT2D eigenvalue weighted by Crippen LogP contribution is 2.27. The van der Waals surface area contributed by atoms with Gasteiger partial charge in [-0.25, -0.2) is 0 Å². The standard InChI is InChI=1S/C15H12ClN3O3/c1-6-3-8(4-7(2)12(6)16)19-10(20)5-9-11(13(19)17)15(22)18-14(9)21/h3-5H,17H2,1-2H3,(H,18,21,22). The maximum Gasteiger partial charge on any atom is 0.262 e. The van der Waals surface area contributed by atoms with E-state index < -0.39 is 17.4 Å². The summed E-state index contributed by atoms with van der Waals surface area (Å²) in [4.78, 5) is 35.8. The van der Waals surface area contributed by atoms with Gasteiger partial charge in [0.05, 0.1) is 16.8 Å². The second-order valence-electron chi connectivity index (χ2n) is 5.17. The van der Waals surface area contributed by atoms with Crippen LogP contribution < -0.4 is 16.6 Å². The first kappa shape index (κ1) is 14.3. The number of halogens is 1. The number of aryl methyl sites for hydroxylation is 2. The van der Waals surface area contributed by atoms with Crippen molar-refractivity contribution in [1.29, 1.82) is 0 Å². The van der Waals surface area contributed by atoms with Crippen molar-refractivity contribution < 1.29 is 9.59 Å². The molecule has 2 amide bonds. The van der Waals surface area contributed by atoms with Crippen molar-refractivity contribution in [3.63, 3.8) is 0 Å². The van der Waals surface area contributed by atoms with Gasteiger partial charge >= 0.3 is 0 Å². The number of nitrogens with two attached hydrogens (primary N) is 1. The van der Waals surface area contributed by atoms with Crippen molar-refractivity contribution in [2.24, 2.45) is 0 Å². The molecule has 7 heteroatoms. The van der Waals surface area contributed by atoms with E-state index in [2.05, 4.69) is 5.32 Å². The second kappa shape index (κ2) is 4.71. The first-order valence-electron chi connectivity index (χ1n) is 6.49. The summed E-state index contributed by atoms with van der Waals surface area (Å²) in [5, 5.41) is 2.73. The number of carbonyl (C=O) groups excluding carboxylic acids is 2. The smallest absolute Gasteiger partial charge is 0.262 e. The summed E-state index contributed by atoms with van der Waals surface area (Å²) in [6, 6.07) is 4.52. The zero-order chi connectivity index (χ0) is 16.2. The fourth-order valence-electron chi connectivity index (χ4n) is 2.60. The molecular formula is C15H12ClN3O3. The van der Waals surface area contributed by atoms with Crippen LogP contribution in [0.4, 0.5) is 5.82 Å². The second-order valence-corrected chi connectivity index (χ2v) is 5.55. The lowest BCUT2D eigenvalue weighted by molar-refractivity contribution is 0.0880. The number of amides is 2. The van der Waals surface area contributed by atoms with Gasteiger partial charge in [0.1, 0.15) is 5.82 Å². The van der Waals surface area contributed by atoms with Crippen LogP contribution in [-0.2, 0) is 0 Å². The number of aromatic nitrogens is 1. The Balaban J connectivity index is 2.35. The van der Waals surface area contributed by atoms with Crippen LogP contribution in [0.1, 0.15) is 31.8 Å². The monoisotopic (exact) mass is 317 g/mol. The number of hydrogen-bond acceptors (Lipinski definition) is 4. The minimum absolute atomic E-state index is 0.00570. The third kappa shape index (κ3) is 1.92. The molecule has 0 fully saturated rings. The van der Waals surface area contributed by atoms with Gasteiger partial charge in [0, 0.05) is 11.1 Å². The van der Waals surface area contributed by atoms with Crippen molar-refractivity contribution in [3.05, 3.63) is 55.8 Å². The number of nitrogens with one attached hydrogen (secondary N) is 1. The lowest BCUT2D eigenvalue weighted by Crippen LogP contribution is -2.24. The van der Waals surface area contributed by atoms with Crippen molar-refractivity contribution >= 4 is 29.2 Å². The fourth-order valence-corrected chi connectivity index (χ4v) is 2.71. The van der Waals surface area contributed by atoms with Crippen molar-refractivity contribution in [3.8, 4) is 5.69 Å². The van der Waals surface area contributed by atoms with Crippen LogP contribution >= 0.6 is 11.6 Å². The van der Waals surface area contributed by atoms with Crippen LogP contribution in [0.5, 0.6) is 0 Å². The summed E-state index contributed by atoms with van der Waals surface area (Å²) < 4.78 is 1.20. The average molecular weight is 318 g/mol. The Morgan fingerprint density at radius 3 is 2.23 bits per heavy atom. The largest absolute Gasteiger partial charge is 0.384 e. The molecular weight excluding hydrogens is 306 g/mol. The molecule has 0 saturated carbocycles. The van der Waals surface area contributed by atoms with Crippen molar-refractivity contribution in [2.45, 2.75) is 13.8 Å². The van der Waals surface area contributed by atoms with Gasteiger partial charge in [-0.05, 0) is 37.1 Å². The molecule has 0 atom stereocenters. The summed E-state index contributed by atoms with van der Waals surface area (Å²) >= 11 is 6.13. The highest BCUT2D eigenvalue weighted by atomic mass is 35.5. The topological polar surface area (TPSA) is 94.2 Å². The van der Waals surface area contributed by atoms with E-state index in [1.165, 1.54) is 4.57 Å². The summed E-state index contributed by atoms with van der Waals surface area (Å²) in [5.74, 6) is -1.28. The van der Waals surface area contributed by atoms with Crippen LogP contribution in [0.3, 0.4) is 0 Å². The molecule has 112 valence electrons. The SMILES string of the molecule is Cc1cc(-n2c(N)c3c(cc2=O)C(=O)NC3=O)cc(C)c1Cl. The number of anilines is 1. The Hall–Kier alpha value is -2.60. The summed E-state index contributed by atoms with van der Waals surface area (Å²) in [6.07, 6.45) is 0. The predicted octanol–water partition coefficient (Wildman–Crippen LogP) is 1.57. The molecule has 1 aromatic carbocycles. The molecule has 2 heterocycles. The van der Waals surface area contributed by atoms with E-state index in [1.807, 2.05) is 13.8 Å². The van der Waals surface area contributed by atoms with Gasteiger partial charge in [-0.3, -0.25) is 24.3 Å². The number of hydrogen-bond donors (Lipinski definition) is 2. The maximum atomic E-state index is 12.3. The number of carbonyl (C=O) groups is 2. The fraction of sp³-hybridized carbons (Fsp3) is 0.133. The van der Waals surface area contributed by atoms with Crippen LogP contribution in [0.25, 0.3) is 5.69 Å². The molecule has 0 radical (unpaired) electrons. The number of pyridine rings is 1. The predicted molar refractivity (Wildman–Crippen MR) is 82.7 cm³/mol. The molecule has 6 nitrogen and oxygen atoms in total. The highest BCUT2D eigenvalue weighted by molar-refractivity contribution is 6.32. The summed E-state index contributed by atoms with van der Waals surface area (Å²) in [7, 11) is 0. The lowest BCUT2D eigenvalue weighted by atomic mass is 10.1. The molecule has 3 N–H and O–H groups in total. The molecule has 22 heavy (non-hydrogen) atoms. The zero-order valence-electron chi connectivity index (χ0n) is 11.9. The minimum atomic E-state index is -0.612. The molecule has 1 aromatic heterocycles. The van der Waals surface area contributed by atoms with Crippen LogP contribution in [-0.4, -0.2) is 16.4 Å². The summed E-state index contributed by atoms with van der Waals surface area (Å²) in [6.45, 7) is 3.62. The molecule has 0 unspecified atom stereocenters. The van der Waals surface area contributed by atoms with E-state index in [1.54, 1.807) is 12.1 Å². The van der Waals surface area contributed by atoms with E-state index in [4.69, 9.17) is 17.3 Å². The Kier molecular flexibility index (Phi) is 3.07. The average Bonchev–Trinajstić information content (AvgIpc) is 2.71. The van der Waals surface area contributed by atoms with Gasteiger partial charge in [0.15, 0.2) is 0 Å². The van der Waals surface area contributed by atoms with Crippen molar-refractivity contribution in [1.82, 2.24) is 9.88 Å². The van der Waals surface area contributed by atoms with Gasteiger partial charge in [-0.1, -0.05) is 11.6 Å². The first-order valence-corrected chi connectivity index (χ1v) is 6.87. The van der Waals surface area contributed by atoms with E-state index in [0.29, 0.717) is 10.7 Å². The van der Waals surface area contributed by atoms with Crippen LogP contribution in [0.15, 0.2) is 23.0 Å². The number of fused-ring (bicyclic) bond motifs is 1. The maximum absolute atomic E-state index is 12.3. The molecule has 1 aliphatic rings. The Morgan fingerprint density at radius 1 is 1.05 bits per heavy atom. The lowest BCUT2D eigenvalue weighted by Gasteiger charge is -2.14. The number of imide groups is 1. The van der Waals surface area contributed by atoms with E-state index in [0.717, 1.165) is 17.2 Å². The van der Waals surface area contributed by atoms with Gasteiger partial charge in [-0.2, -0.15) is 0 Å². The quantitative estimate of drug-likeness (QED) is 0.781. The molecule has 2 aromatic rings. The highest BCUT2D eigenvalue weighted by Gasteiger charge is 2.31. The Morgan fingerprint density at radius 2 is 1.64 bits per heavy atom.